The van der Waals surface area contributed by atoms with Crippen LogP contribution in [0.2, 0.25) is 5.02 Å². The minimum atomic E-state index is 0.666. The van der Waals surface area contributed by atoms with Crippen molar-refractivity contribution in [2.75, 3.05) is 0 Å². The van der Waals surface area contributed by atoms with Gasteiger partial charge in [-0.15, -0.1) is 10.2 Å². The second-order valence-corrected chi connectivity index (χ2v) is 6.49. The molecule has 0 atom stereocenters. The SMILES string of the molecule is CCc1nnc2sc(-c3cc(-c4ccccc4Cl)oc3C)nn12. The van der Waals surface area contributed by atoms with Gasteiger partial charge in [-0.3, -0.25) is 0 Å². The summed E-state index contributed by atoms with van der Waals surface area (Å²) < 4.78 is 7.70. The molecular weight excluding hydrogens is 332 g/mol. The van der Waals surface area contributed by atoms with Crippen LogP contribution in [0.25, 0.3) is 26.9 Å². The smallest absolute Gasteiger partial charge is 0.234 e. The van der Waals surface area contributed by atoms with Crippen molar-refractivity contribution in [3.8, 4) is 21.9 Å². The number of aromatic nitrogens is 4. The van der Waals surface area contributed by atoms with E-state index in [-0.39, 0.29) is 0 Å². The first-order chi connectivity index (χ1) is 11.2. The fourth-order valence-corrected chi connectivity index (χ4v) is 3.63. The number of halogens is 1. The highest BCUT2D eigenvalue weighted by atomic mass is 35.5. The first-order valence-corrected chi connectivity index (χ1v) is 8.43. The Morgan fingerprint density at radius 2 is 2.04 bits per heavy atom. The number of rotatable bonds is 3. The third-order valence-electron chi connectivity index (χ3n) is 3.66. The van der Waals surface area contributed by atoms with Gasteiger partial charge < -0.3 is 4.42 Å². The highest BCUT2D eigenvalue weighted by Crippen LogP contribution is 2.36. The van der Waals surface area contributed by atoms with E-state index in [2.05, 4.69) is 15.3 Å². The topological polar surface area (TPSA) is 56.2 Å². The van der Waals surface area contributed by atoms with Gasteiger partial charge >= 0.3 is 0 Å². The highest BCUT2D eigenvalue weighted by molar-refractivity contribution is 7.19. The van der Waals surface area contributed by atoms with Gasteiger partial charge in [0.2, 0.25) is 4.96 Å². The standard InChI is InChI=1S/C16H13ClN4OS/c1-3-14-18-19-16-21(14)20-15(23-16)11-8-13(22-9(11)2)10-6-4-5-7-12(10)17/h4-8H,3H2,1-2H3. The molecule has 1 aromatic carbocycles. The van der Waals surface area contributed by atoms with E-state index in [1.807, 2.05) is 44.2 Å². The van der Waals surface area contributed by atoms with Crippen LogP contribution in [0.4, 0.5) is 0 Å². The van der Waals surface area contributed by atoms with Crippen molar-refractivity contribution in [1.82, 2.24) is 19.8 Å². The van der Waals surface area contributed by atoms with Gasteiger partial charge in [-0.05, 0) is 25.1 Å². The molecule has 0 radical (unpaired) electrons. The van der Waals surface area contributed by atoms with Gasteiger partial charge in [-0.2, -0.15) is 9.61 Å². The monoisotopic (exact) mass is 344 g/mol. The molecule has 3 aromatic heterocycles. The Morgan fingerprint density at radius 1 is 1.22 bits per heavy atom. The minimum Gasteiger partial charge on any atom is -0.461 e. The van der Waals surface area contributed by atoms with Gasteiger partial charge in [-0.1, -0.05) is 42.0 Å². The normalized spacial score (nSPS) is 11.4. The largest absolute Gasteiger partial charge is 0.461 e. The molecule has 4 aromatic rings. The minimum absolute atomic E-state index is 0.666. The molecule has 4 rings (SSSR count). The predicted octanol–water partition coefficient (Wildman–Crippen LogP) is 4.64. The maximum Gasteiger partial charge on any atom is 0.234 e. The molecule has 7 heteroatoms. The van der Waals surface area contributed by atoms with Crippen LogP contribution in [0.3, 0.4) is 0 Å². The van der Waals surface area contributed by atoms with Gasteiger partial charge in [0.05, 0.1) is 10.6 Å². The average molecular weight is 345 g/mol. The lowest BCUT2D eigenvalue weighted by Crippen LogP contribution is -1.93. The first-order valence-electron chi connectivity index (χ1n) is 7.24. The Hall–Kier alpha value is -2.18. The molecule has 0 aliphatic heterocycles. The van der Waals surface area contributed by atoms with Crippen LogP contribution in [0.1, 0.15) is 18.5 Å². The van der Waals surface area contributed by atoms with E-state index >= 15 is 0 Å². The van der Waals surface area contributed by atoms with Gasteiger partial charge in [0.1, 0.15) is 11.5 Å². The molecule has 0 bridgehead atoms. The lowest BCUT2D eigenvalue weighted by molar-refractivity contribution is 0.549. The number of fused-ring (bicyclic) bond motifs is 1. The van der Waals surface area contributed by atoms with Crippen LogP contribution in [0.5, 0.6) is 0 Å². The van der Waals surface area contributed by atoms with Crippen molar-refractivity contribution in [1.29, 1.82) is 0 Å². The molecule has 0 aliphatic carbocycles. The second kappa shape index (κ2) is 5.47. The van der Waals surface area contributed by atoms with E-state index in [4.69, 9.17) is 16.0 Å². The fraction of sp³-hybridized carbons (Fsp3) is 0.188. The van der Waals surface area contributed by atoms with Crippen LogP contribution in [0.15, 0.2) is 34.7 Å². The molecule has 0 fully saturated rings. The van der Waals surface area contributed by atoms with Crippen LogP contribution in [-0.2, 0) is 6.42 Å². The summed E-state index contributed by atoms with van der Waals surface area (Å²) in [5.74, 6) is 2.41. The quantitative estimate of drug-likeness (QED) is 0.543. The summed E-state index contributed by atoms with van der Waals surface area (Å²) in [6, 6.07) is 9.62. The Balaban J connectivity index is 1.82. The fourth-order valence-electron chi connectivity index (χ4n) is 2.47. The molecule has 0 N–H and O–H groups in total. The number of hydrogen-bond donors (Lipinski definition) is 0. The van der Waals surface area contributed by atoms with Gasteiger partial charge in [0.15, 0.2) is 10.8 Å². The van der Waals surface area contributed by atoms with E-state index in [1.54, 1.807) is 4.52 Å². The lowest BCUT2D eigenvalue weighted by atomic mass is 10.1. The molecule has 23 heavy (non-hydrogen) atoms. The van der Waals surface area contributed by atoms with E-state index < -0.39 is 0 Å². The van der Waals surface area contributed by atoms with Crippen LogP contribution < -0.4 is 0 Å². The molecule has 5 nitrogen and oxygen atoms in total. The Labute approximate surface area is 141 Å². The summed E-state index contributed by atoms with van der Waals surface area (Å²) in [5.41, 5.74) is 1.83. The molecule has 0 spiro atoms. The summed E-state index contributed by atoms with van der Waals surface area (Å²) in [6.45, 7) is 3.97. The van der Waals surface area contributed by atoms with Crippen LogP contribution >= 0.6 is 22.9 Å². The molecule has 0 amide bonds. The molecule has 0 saturated heterocycles. The molecule has 0 saturated carbocycles. The van der Waals surface area contributed by atoms with Crippen LogP contribution in [-0.4, -0.2) is 19.8 Å². The van der Waals surface area contributed by atoms with Gasteiger partial charge in [0, 0.05) is 12.0 Å². The Bertz CT molecular complexity index is 1000. The third-order valence-corrected chi connectivity index (χ3v) is 4.92. The maximum atomic E-state index is 6.26. The molecule has 0 unspecified atom stereocenters. The highest BCUT2D eigenvalue weighted by Gasteiger charge is 2.18. The maximum absolute atomic E-state index is 6.26. The van der Waals surface area contributed by atoms with Crippen molar-refractivity contribution < 1.29 is 4.42 Å². The zero-order valence-electron chi connectivity index (χ0n) is 12.6. The molecular formula is C16H13ClN4OS. The Morgan fingerprint density at radius 3 is 2.83 bits per heavy atom. The zero-order chi connectivity index (χ0) is 16.0. The van der Waals surface area contributed by atoms with Crippen molar-refractivity contribution in [2.24, 2.45) is 0 Å². The van der Waals surface area contributed by atoms with Crippen molar-refractivity contribution in [2.45, 2.75) is 20.3 Å². The number of hydrogen-bond acceptors (Lipinski definition) is 5. The summed E-state index contributed by atoms with van der Waals surface area (Å²) in [7, 11) is 0. The average Bonchev–Trinajstić information content (AvgIpc) is 3.20. The van der Waals surface area contributed by atoms with E-state index in [0.717, 1.165) is 44.9 Å². The first kappa shape index (κ1) is 14.4. The summed E-state index contributed by atoms with van der Waals surface area (Å²) in [5, 5.41) is 14.4. The number of nitrogens with zero attached hydrogens (tertiary/aromatic N) is 4. The molecule has 3 heterocycles. The summed E-state index contributed by atoms with van der Waals surface area (Å²) >= 11 is 7.76. The summed E-state index contributed by atoms with van der Waals surface area (Å²) in [4.78, 5) is 0.789. The molecule has 0 aliphatic rings. The zero-order valence-corrected chi connectivity index (χ0v) is 14.1. The predicted molar refractivity (Wildman–Crippen MR) is 90.9 cm³/mol. The van der Waals surface area contributed by atoms with Crippen molar-refractivity contribution in [3.05, 3.63) is 46.9 Å². The van der Waals surface area contributed by atoms with Crippen molar-refractivity contribution >= 4 is 27.9 Å². The van der Waals surface area contributed by atoms with Crippen molar-refractivity contribution in [3.63, 3.8) is 0 Å². The lowest BCUT2D eigenvalue weighted by Gasteiger charge is -1.98. The Kier molecular flexibility index (Phi) is 3.43. The van der Waals surface area contributed by atoms with Crippen LogP contribution in [0, 0.1) is 6.92 Å². The number of benzene rings is 1. The van der Waals surface area contributed by atoms with E-state index in [1.165, 1.54) is 11.3 Å². The third kappa shape index (κ3) is 2.34. The second-order valence-electron chi connectivity index (χ2n) is 5.13. The van der Waals surface area contributed by atoms with Gasteiger partial charge in [-0.25, -0.2) is 0 Å². The number of furan rings is 1. The van der Waals surface area contributed by atoms with Gasteiger partial charge in [0.25, 0.3) is 0 Å². The van der Waals surface area contributed by atoms with E-state index in [9.17, 15) is 0 Å². The summed E-state index contributed by atoms with van der Waals surface area (Å²) in [6.07, 6.45) is 0.791. The van der Waals surface area contributed by atoms with E-state index in [0.29, 0.717) is 5.02 Å². The number of aryl methyl sites for hydroxylation is 2. The molecule has 116 valence electrons.